The van der Waals surface area contributed by atoms with Crippen LogP contribution in [-0.2, 0) is 6.54 Å². The highest BCUT2D eigenvalue weighted by Crippen LogP contribution is 2.24. The fourth-order valence-corrected chi connectivity index (χ4v) is 1.96. The molecule has 0 heterocycles. The third kappa shape index (κ3) is 3.49. The molecule has 0 aliphatic rings. The van der Waals surface area contributed by atoms with Gasteiger partial charge in [-0.05, 0) is 38.1 Å². The smallest absolute Gasteiger partial charge is 0.0377 e. The Balaban J connectivity index is 2.82. The minimum atomic E-state index is 0.520. The molecule has 2 nitrogen and oxygen atoms in total. The zero-order chi connectivity index (χ0) is 12.1. The molecule has 1 aromatic carbocycles. The molecular weight excluding hydrogens is 264 g/mol. The van der Waals surface area contributed by atoms with Gasteiger partial charge in [0.25, 0.3) is 0 Å². The van der Waals surface area contributed by atoms with Crippen molar-refractivity contribution in [3.8, 4) is 0 Å². The van der Waals surface area contributed by atoms with Crippen LogP contribution in [0.2, 0.25) is 0 Å². The largest absolute Gasteiger partial charge is 0.372 e. The van der Waals surface area contributed by atoms with Gasteiger partial charge in [0.05, 0.1) is 0 Å². The van der Waals surface area contributed by atoms with Gasteiger partial charge in [-0.3, -0.25) is 0 Å². The van der Waals surface area contributed by atoms with E-state index >= 15 is 0 Å². The summed E-state index contributed by atoms with van der Waals surface area (Å²) in [6, 6.07) is 7.07. The second-order valence-electron chi connectivity index (χ2n) is 4.26. The van der Waals surface area contributed by atoms with Gasteiger partial charge in [0.1, 0.15) is 0 Å². The maximum atomic E-state index is 3.63. The Kier molecular flexibility index (Phi) is 5.29. The maximum absolute atomic E-state index is 3.63. The molecule has 0 atom stereocenters. The Bertz CT molecular complexity index is 337. The summed E-state index contributed by atoms with van der Waals surface area (Å²) in [5.41, 5.74) is 2.56. The summed E-state index contributed by atoms with van der Waals surface area (Å²) >= 11 is 3.63. The lowest BCUT2D eigenvalue weighted by Crippen LogP contribution is -2.25. The molecule has 16 heavy (non-hydrogen) atoms. The lowest BCUT2D eigenvalue weighted by molar-refractivity contribution is 0.723. The first-order valence-corrected chi connectivity index (χ1v) is 6.57. The van der Waals surface area contributed by atoms with Crippen molar-refractivity contribution >= 4 is 21.6 Å². The summed E-state index contributed by atoms with van der Waals surface area (Å²) < 4.78 is 1.18. The van der Waals surface area contributed by atoms with Crippen molar-refractivity contribution in [1.29, 1.82) is 0 Å². The van der Waals surface area contributed by atoms with Crippen LogP contribution < -0.4 is 10.2 Å². The SMILES string of the molecule is CCNCc1ccc(N(C)C(C)C)cc1Br. The number of hydrogen-bond donors (Lipinski definition) is 1. The lowest BCUT2D eigenvalue weighted by Gasteiger charge is -2.24. The minimum absolute atomic E-state index is 0.520. The van der Waals surface area contributed by atoms with Gasteiger partial charge in [0.15, 0.2) is 0 Å². The molecule has 0 saturated carbocycles. The Morgan fingerprint density at radius 1 is 1.38 bits per heavy atom. The summed E-state index contributed by atoms with van der Waals surface area (Å²) in [5, 5.41) is 3.33. The minimum Gasteiger partial charge on any atom is -0.372 e. The van der Waals surface area contributed by atoms with Gasteiger partial charge in [-0.25, -0.2) is 0 Å². The Morgan fingerprint density at radius 3 is 2.56 bits per heavy atom. The average molecular weight is 285 g/mol. The van der Waals surface area contributed by atoms with Crippen molar-refractivity contribution in [3.63, 3.8) is 0 Å². The fourth-order valence-electron chi connectivity index (χ4n) is 1.46. The number of nitrogens with one attached hydrogen (secondary N) is 1. The normalized spacial score (nSPS) is 10.9. The Morgan fingerprint density at radius 2 is 2.06 bits per heavy atom. The number of halogens is 1. The Labute approximate surface area is 107 Å². The van der Waals surface area contributed by atoms with E-state index in [1.54, 1.807) is 0 Å². The summed E-state index contributed by atoms with van der Waals surface area (Å²) in [5.74, 6) is 0. The number of nitrogens with zero attached hydrogens (tertiary/aromatic N) is 1. The molecule has 1 aromatic rings. The third-order valence-corrected chi connectivity index (χ3v) is 3.52. The van der Waals surface area contributed by atoms with Crippen LogP contribution >= 0.6 is 15.9 Å². The highest BCUT2D eigenvalue weighted by Gasteiger charge is 2.07. The average Bonchev–Trinajstić information content (AvgIpc) is 2.26. The van der Waals surface area contributed by atoms with E-state index in [0.29, 0.717) is 6.04 Å². The molecule has 1 N–H and O–H groups in total. The first-order valence-electron chi connectivity index (χ1n) is 5.78. The second-order valence-corrected chi connectivity index (χ2v) is 5.12. The molecule has 0 aliphatic heterocycles. The molecule has 90 valence electrons. The van der Waals surface area contributed by atoms with Crippen LogP contribution in [0.15, 0.2) is 22.7 Å². The standard InChI is InChI=1S/C13H21BrN2/c1-5-15-9-11-6-7-12(8-13(11)14)16(4)10(2)3/h6-8,10,15H,5,9H2,1-4H3. The number of benzene rings is 1. The molecule has 3 heteroatoms. The predicted octanol–water partition coefficient (Wildman–Crippen LogP) is 3.40. The summed E-state index contributed by atoms with van der Waals surface area (Å²) in [6.45, 7) is 8.43. The van der Waals surface area contributed by atoms with Crippen LogP contribution in [0.3, 0.4) is 0 Å². The van der Waals surface area contributed by atoms with Crippen LogP contribution in [0.25, 0.3) is 0 Å². The first-order chi connectivity index (χ1) is 7.56. The van der Waals surface area contributed by atoms with Crippen LogP contribution in [0.1, 0.15) is 26.3 Å². The van der Waals surface area contributed by atoms with Crippen molar-refractivity contribution in [1.82, 2.24) is 5.32 Å². The van der Waals surface area contributed by atoms with Crippen molar-refractivity contribution in [2.75, 3.05) is 18.5 Å². The lowest BCUT2D eigenvalue weighted by atomic mass is 10.2. The van der Waals surface area contributed by atoms with Crippen molar-refractivity contribution in [2.45, 2.75) is 33.4 Å². The topological polar surface area (TPSA) is 15.3 Å². The molecule has 0 fully saturated rings. The van der Waals surface area contributed by atoms with Gasteiger partial charge >= 0.3 is 0 Å². The number of rotatable bonds is 5. The van der Waals surface area contributed by atoms with E-state index in [-0.39, 0.29) is 0 Å². The molecule has 0 unspecified atom stereocenters. The molecule has 0 saturated heterocycles. The van der Waals surface area contributed by atoms with Gasteiger partial charge in [-0.1, -0.05) is 28.9 Å². The molecule has 0 radical (unpaired) electrons. The molecule has 0 amide bonds. The van der Waals surface area contributed by atoms with Crippen LogP contribution in [0.5, 0.6) is 0 Å². The summed E-state index contributed by atoms with van der Waals surface area (Å²) in [7, 11) is 2.12. The molecule has 0 aliphatic carbocycles. The fraction of sp³-hybridized carbons (Fsp3) is 0.538. The van der Waals surface area contributed by atoms with Crippen molar-refractivity contribution < 1.29 is 0 Å². The van der Waals surface area contributed by atoms with Gasteiger partial charge in [-0.2, -0.15) is 0 Å². The van der Waals surface area contributed by atoms with Crippen molar-refractivity contribution in [3.05, 3.63) is 28.2 Å². The molecule has 0 spiro atoms. The third-order valence-electron chi connectivity index (χ3n) is 2.78. The predicted molar refractivity (Wildman–Crippen MR) is 75.1 cm³/mol. The van der Waals surface area contributed by atoms with Crippen LogP contribution in [-0.4, -0.2) is 19.6 Å². The molecule has 1 rings (SSSR count). The van der Waals surface area contributed by atoms with E-state index in [4.69, 9.17) is 0 Å². The monoisotopic (exact) mass is 284 g/mol. The number of hydrogen-bond acceptors (Lipinski definition) is 2. The van der Waals surface area contributed by atoms with Crippen LogP contribution in [0.4, 0.5) is 5.69 Å². The van der Waals surface area contributed by atoms with E-state index in [1.165, 1.54) is 15.7 Å². The van der Waals surface area contributed by atoms with Crippen molar-refractivity contribution in [2.24, 2.45) is 0 Å². The van der Waals surface area contributed by atoms with E-state index in [9.17, 15) is 0 Å². The molecule has 0 aromatic heterocycles. The maximum Gasteiger partial charge on any atom is 0.0377 e. The number of anilines is 1. The highest BCUT2D eigenvalue weighted by molar-refractivity contribution is 9.10. The first kappa shape index (κ1) is 13.5. The van der Waals surface area contributed by atoms with E-state index < -0.39 is 0 Å². The van der Waals surface area contributed by atoms with Gasteiger partial charge in [0, 0.05) is 29.8 Å². The van der Waals surface area contributed by atoms with E-state index in [0.717, 1.165) is 13.1 Å². The van der Waals surface area contributed by atoms with Gasteiger partial charge < -0.3 is 10.2 Å². The summed E-state index contributed by atoms with van der Waals surface area (Å²) in [6.07, 6.45) is 0. The highest BCUT2D eigenvalue weighted by atomic mass is 79.9. The van der Waals surface area contributed by atoms with Gasteiger partial charge in [0.2, 0.25) is 0 Å². The molecular formula is C13H21BrN2. The molecule has 0 bridgehead atoms. The van der Waals surface area contributed by atoms with E-state index in [2.05, 4.69) is 72.2 Å². The Hall–Kier alpha value is -0.540. The van der Waals surface area contributed by atoms with E-state index in [1.807, 2.05) is 0 Å². The van der Waals surface area contributed by atoms with Gasteiger partial charge in [-0.15, -0.1) is 0 Å². The quantitative estimate of drug-likeness (QED) is 0.892. The second kappa shape index (κ2) is 6.26. The zero-order valence-corrected chi connectivity index (χ0v) is 12.1. The summed E-state index contributed by atoms with van der Waals surface area (Å²) in [4.78, 5) is 2.27. The van der Waals surface area contributed by atoms with Crippen LogP contribution in [0, 0.1) is 0 Å². The zero-order valence-electron chi connectivity index (χ0n) is 10.5.